The summed E-state index contributed by atoms with van der Waals surface area (Å²) in [4.78, 5) is 16.1. The third-order valence-corrected chi connectivity index (χ3v) is 4.02. The first-order valence-electron chi connectivity index (χ1n) is 8.71. The summed E-state index contributed by atoms with van der Waals surface area (Å²) in [5.74, 6) is 0.705. The van der Waals surface area contributed by atoms with E-state index in [9.17, 15) is 4.79 Å². The second-order valence-corrected chi connectivity index (χ2v) is 6.22. The maximum Gasteiger partial charge on any atom is 0.251 e. The van der Waals surface area contributed by atoms with E-state index in [-0.39, 0.29) is 29.9 Å². The highest BCUT2D eigenvalue weighted by Crippen LogP contribution is 2.10. The molecule has 0 fully saturated rings. The molecule has 2 aromatic carbocycles. The Labute approximate surface area is 183 Å². The molecule has 27 heavy (non-hydrogen) atoms. The van der Waals surface area contributed by atoms with E-state index in [1.807, 2.05) is 36.4 Å². The molecule has 2 rings (SSSR count). The molecule has 0 saturated carbocycles. The molecule has 0 bridgehead atoms. The summed E-state index contributed by atoms with van der Waals surface area (Å²) < 4.78 is 0. The Bertz CT molecular complexity index is 725. The van der Waals surface area contributed by atoms with Gasteiger partial charge in [-0.25, -0.2) is 0 Å². The first-order chi connectivity index (χ1) is 12.7. The number of hydrogen-bond donors (Lipinski definition) is 3. The molecule has 5 nitrogen and oxygen atoms in total. The minimum Gasteiger partial charge on any atom is -0.356 e. The van der Waals surface area contributed by atoms with Gasteiger partial charge in [0.1, 0.15) is 0 Å². The largest absolute Gasteiger partial charge is 0.356 e. The SMILES string of the molecule is CN=C(NCCCNC(=O)c1ccccc1)NCCc1cccc(Cl)c1.I. The number of halogens is 2. The predicted molar refractivity (Wildman–Crippen MR) is 123 cm³/mol. The molecule has 0 aromatic heterocycles. The van der Waals surface area contributed by atoms with E-state index in [0.29, 0.717) is 12.1 Å². The smallest absolute Gasteiger partial charge is 0.251 e. The maximum atomic E-state index is 11.9. The summed E-state index contributed by atoms with van der Waals surface area (Å²) in [6.07, 6.45) is 1.68. The molecule has 1 amide bonds. The maximum absolute atomic E-state index is 11.9. The monoisotopic (exact) mass is 500 g/mol. The first-order valence-corrected chi connectivity index (χ1v) is 9.09. The second-order valence-electron chi connectivity index (χ2n) is 5.78. The van der Waals surface area contributed by atoms with Crippen LogP contribution in [0.4, 0.5) is 0 Å². The molecule has 0 unspecified atom stereocenters. The van der Waals surface area contributed by atoms with Crippen LogP contribution in [0, 0.1) is 0 Å². The highest BCUT2D eigenvalue weighted by Gasteiger charge is 2.03. The van der Waals surface area contributed by atoms with Crippen LogP contribution in [0.5, 0.6) is 0 Å². The summed E-state index contributed by atoms with van der Waals surface area (Å²) in [6, 6.07) is 17.1. The van der Waals surface area contributed by atoms with E-state index in [2.05, 4.69) is 27.0 Å². The average Bonchev–Trinajstić information content (AvgIpc) is 2.67. The number of nitrogens with one attached hydrogen (secondary N) is 3. The number of rotatable bonds is 8. The first kappa shape index (κ1) is 23.2. The van der Waals surface area contributed by atoms with E-state index < -0.39 is 0 Å². The molecule has 3 N–H and O–H groups in total. The quantitative estimate of drug-likeness (QED) is 0.225. The minimum absolute atomic E-state index is 0. The number of amides is 1. The van der Waals surface area contributed by atoms with Gasteiger partial charge in [-0.15, -0.1) is 24.0 Å². The van der Waals surface area contributed by atoms with Crippen molar-refractivity contribution in [3.05, 3.63) is 70.7 Å². The van der Waals surface area contributed by atoms with Crippen LogP contribution in [-0.2, 0) is 6.42 Å². The zero-order valence-corrected chi connectivity index (χ0v) is 18.5. The Balaban J connectivity index is 0.00000364. The lowest BCUT2D eigenvalue weighted by molar-refractivity contribution is 0.0953. The standard InChI is InChI=1S/C20H25ClN4O.HI/c1-22-20(25-14-11-16-7-5-10-18(21)15-16)24-13-6-12-23-19(26)17-8-3-2-4-9-17;/h2-5,7-10,15H,6,11-14H2,1H3,(H,23,26)(H2,22,24,25);1H. The van der Waals surface area contributed by atoms with Crippen molar-refractivity contribution in [3.63, 3.8) is 0 Å². The summed E-state index contributed by atoms with van der Waals surface area (Å²) in [5, 5.41) is 10.2. The normalized spacial score (nSPS) is 10.7. The second kappa shape index (κ2) is 13.4. The molecule has 0 saturated heterocycles. The topological polar surface area (TPSA) is 65.5 Å². The summed E-state index contributed by atoms with van der Waals surface area (Å²) in [6.45, 7) is 2.11. The zero-order valence-electron chi connectivity index (χ0n) is 15.4. The average molecular weight is 501 g/mol. The summed E-state index contributed by atoms with van der Waals surface area (Å²) in [7, 11) is 1.74. The summed E-state index contributed by atoms with van der Waals surface area (Å²) >= 11 is 5.99. The van der Waals surface area contributed by atoms with Crippen LogP contribution >= 0.6 is 35.6 Å². The van der Waals surface area contributed by atoms with Crippen molar-refractivity contribution in [3.8, 4) is 0 Å². The van der Waals surface area contributed by atoms with Crippen LogP contribution in [0.15, 0.2) is 59.6 Å². The molecule has 146 valence electrons. The van der Waals surface area contributed by atoms with Gasteiger partial charge in [0.25, 0.3) is 5.91 Å². The van der Waals surface area contributed by atoms with Gasteiger partial charge in [-0.3, -0.25) is 9.79 Å². The number of nitrogens with zero attached hydrogens (tertiary/aromatic N) is 1. The van der Waals surface area contributed by atoms with Crippen LogP contribution in [-0.4, -0.2) is 38.5 Å². The van der Waals surface area contributed by atoms with Gasteiger partial charge in [-0.2, -0.15) is 0 Å². The molecule has 0 atom stereocenters. The zero-order chi connectivity index (χ0) is 18.6. The van der Waals surface area contributed by atoms with Gasteiger partial charge in [-0.05, 0) is 42.7 Å². The van der Waals surface area contributed by atoms with Crippen molar-refractivity contribution in [2.45, 2.75) is 12.8 Å². The molecule has 0 aliphatic carbocycles. The van der Waals surface area contributed by atoms with Gasteiger partial charge >= 0.3 is 0 Å². The fraction of sp³-hybridized carbons (Fsp3) is 0.300. The number of guanidine groups is 1. The van der Waals surface area contributed by atoms with Crippen LogP contribution in [0.3, 0.4) is 0 Å². The Kier molecular flexibility index (Phi) is 11.5. The number of aliphatic imine (C=N–C) groups is 1. The van der Waals surface area contributed by atoms with Gasteiger partial charge < -0.3 is 16.0 Å². The van der Waals surface area contributed by atoms with Crippen LogP contribution in [0.25, 0.3) is 0 Å². The molecule has 7 heteroatoms. The molecule has 0 heterocycles. The van der Waals surface area contributed by atoms with Gasteiger partial charge in [0, 0.05) is 37.3 Å². The third-order valence-electron chi connectivity index (χ3n) is 3.79. The Morgan fingerprint density at radius 2 is 1.67 bits per heavy atom. The number of benzene rings is 2. The van der Waals surface area contributed by atoms with Crippen LogP contribution < -0.4 is 16.0 Å². The van der Waals surface area contributed by atoms with Crippen molar-refractivity contribution in [1.82, 2.24) is 16.0 Å². The highest BCUT2D eigenvalue weighted by atomic mass is 127. The fourth-order valence-electron chi connectivity index (χ4n) is 2.43. The highest BCUT2D eigenvalue weighted by molar-refractivity contribution is 14.0. The molecular formula is C20H26ClIN4O. The van der Waals surface area contributed by atoms with Gasteiger partial charge in [0.05, 0.1) is 0 Å². The summed E-state index contributed by atoms with van der Waals surface area (Å²) in [5.41, 5.74) is 1.86. The van der Waals surface area contributed by atoms with E-state index >= 15 is 0 Å². The molecule has 0 spiro atoms. The van der Waals surface area contributed by atoms with Crippen molar-refractivity contribution in [2.75, 3.05) is 26.7 Å². The minimum atomic E-state index is -0.0466. The molecule has 0 aliphatic rings. The fourth-order valence-corrected chi connectivity index (χ4v) is 2.64. The Morgan fingerprint density at radius 3 is 2.37 bits per heavy atom. The van der Waals surface area contributed by atoms with E-state index in [0.717, 1.165) is 36.9 Å². The van der Waals surface area contributed by atoms with Crippen molar-refractivity contribution in [1.29, 1.82) is 0 Å². The van der Waals surface area contributed by atoms with Crippen LogP contribution in [0.2, 0.25) is 5.02 Å². The molecular weight excluding hydrogens is 475 g/mol. The Hall–Kier alpha value is -1.80. The lowest BCUT2D eigenvalue weighted by atomic mass is 10.1. The molecule has 0 radical (unpaired) electrons. The van der Waals surface area contributed by atoms with Crippen molar-refractivity contribution < 1.29 is 4.79 Å². The van der Waals surface area contributed by atoms with Gasteiger partial charge in [0.15, 0.2) is 5.96 Å². The Morgan fingerprint density at radius 1 is 0.963 bits per heavy atom. The number of hydrogen-bond acceptors (Lipinski definition) is 2. The lowest BCUT2D eigenvalue weighted by Crippen LogP contribution is -2.39. The van der Waals surface area contributed by atoms with Crippen molar-refractivity contribution in [2.24, 2.45) is 4.99 Å². The van der Waals surface area contributed by atoms with Gasteiger partial charge in [0.2, 0.25) is 0 Å². The van der Waals surface area contributed by atoms with E-state index in [1.165, 1.54) is 5.56 Å². The molecule has 0 aliphatic heterocycles. The molecule has 2 aromatic rings. The predicted octanol–water partition coefficient (Wildman–Crippen LogP) is 3.49. The van der Waals surface area contributed by atoms with Crippen molar-refractivity contribution >= 4 is 47.4 Å². The van der Waals surface area contributed by atoms with Crippen LogP contribution in [0.1, 0.15) is 22.3 Å². The lowest BCUT2D eigenvalue weighted by Gasteiger charge is -2.12. The van der Waals surface area contributed by atoms with Gasteiger partial charge in [-0.1, -0.05) is 41.9 Å². The van der Waals surface area contributed by atoms with E-state index in [1.54, 1.807) is 19.2 Å². The number of carbonyl (C=O) groups excluding carboxylic acids is 1. The van der Waals surface area contributed by atoms with E-state index in [4.69, 9.17) is 11.6 Å². The third kappa shape index (κ3) is 9.10. The number of carbonyl (C=O) groups is 1.